The van der Waals surface area contributed by atoms with E-state index in [1.807, 2.05) is 31.3 Å². The van der Waals surface area contributed by atoms with Crippen LogP contribution in [0.2, 0.25) is 0 Å². The van der Waals surface area contributed by atoms with Crippen LogP contribution >= 0.6 is 0 Å². The lowest BCUT2D eigenvalue weighted by Gasteiger charge is -2.56. The summed E-state index contributed by atoms with van der Waals surface area (Å²) < 4.78 is 0. The minimum atomic E-state index is 0.0850. The summed E-state index contributed by atoms with van der Waals surface area (Å²) >= 11 is 0. The van der Waals surface area contributed by atoms with Crippen LogP contribution in [0.3, 0.4) is 0 Å². The molecule has 6 rings (SSSR count). The van der Waals surface area contributed by atoms with Gasteiger partial charge in [0, 0.05) is 31.6 Å². The Morgan fingerprint density at radius 2 is 1.57 bits per heavy atom. The van der Waals surface area contributed by atoms with Gasteiger partial charge in [-0.25, -0.2) is 9.97 Å². The molecule has 4 heterocycles. The lowest BCUT2D eigenvalue weighted by atomic mass is 9.83. The SMILES string of the molecule is Cc1nccc(N2CC3CC(C2)N3C(=O)CC(c2ccccc2)c2ccccc2)n1. The van der Waals surface area contributed by atoms with Crippen molar-refractivity contribution < 1.29 is 4.79 Å². The first-order chi connectivity index (χ1) is 14.7. The molecule has 2 unspecified atom stereocenters. The van der Waals surface area contributed by atoms with E-state index < -0.39 is 0 Å². The zero-order valence-corrected chi connectivity index (χ0v) is 17.2. The fraction of sp³-hybridized carbons (Fsp3) is 0.320. The molecular weight excluding hydrogens is 372 g/mol. The number of aromatic nitrogens is 2. The standard InChI is InChI=1S/C25H26N4O/c1-18-26-13-12-24(27-18)28-16-21-14-22(17-28)29(21)25(30)15-23(19-8-4-2-5-9-19)20-10-6-3-7-11-20/h2-13,21-23H,14-17H2,1H3. The molecule has 0 saturated carbocycles. The van der Waals surface area contributed by atoms with E-state index in [1.165, 1.54) is 11.1 Å². The van der Waals surface area contributed by atoms with E-state index in [0.717, 1.165) is 31.2 Å². The van der Waals surface area contributed by atoms with Gasteiger partial charge < -0.3 is 9.80 Å². The van der Waals surface area contributed by atoms with Crippen molar-refractivity contribution in [3.05, 3.63) is 89.9 Å². The first-order valence-corrected chi connectivity index (χ1v) is 10.6. The zero-order valence-electron chi connectivity index (χ0n) is 17.2. The van der Waals surface area contributed by atoms with Gasteiger partial charge in [-0.2, -0.15) is 0 Å². The van der Waals surface area contributed by atoms with Gasteiger partial charge >= 0.3 is 0 Å². The summed E-state index contributed by atoms with van der Waals surface area (Å²) in [6.07, 6.45) is 3.41. The Hall–Kier alpha value is -3.21. The molecule has 0 N–H and O–H groups in total. The van der Waals surface area contributed by atoms with Gasteiger partial charge in [-0.1, -0.05) is 60.7 Å². The number of nitrogens with zero attached hydrogens (tertiary/aromatic N) is 4. The second kappa shape index (κ2) is 7.90. The lowest BCUT2D eigenvalue weighted by molar-refractivity contribution is -0.146. The summed E-state index contributed by atoms with van der Waals surface area (Å²) in [5.41, 5.74) is 2.39. The number of hydrogen-bond donors (Lipinski definition) is 0. The van der Waals surface area contributed by atoms with Crippen molar-refractivity contribution in [1.29, 1.82) is 0 Å². The van der Waals surface area contributed by atoms with Gasteiger partial charge in [0.2, 0.25) is 5.91 Å². The summed E-state index contributed by atoms with van der Waals surface area (Å²) in [7, 11) is 0. The summed E-state index contributed by atoms with van der Waals surface area (Å²) in [6, 6.07) is 23.3. The van der Waals surface area contributed by atoms with Gasteiger partial charge in [-0.3, -0.25) is 4.79 Å². The molecule has 1 aromatic heterocycles. The van der Waals surface area contributed by atoms with Crippen LogP contribution in [0, 0.1) is 6.92 Å². The van der Waals surface area contributed by atoms with Crippen LogP contribution < -0.4 is 4.90 Å². The van der Waals surface area contributed by atoms with Crippen molar-refractivity contribution in [3.63, 3.8) is 0 Å². The van der Waals surface area contributed by atoms with E-state index in [9.17, 15) is 4.79 Å². The van der Waals surface area contributed by atoms with E-state index in [-0.39, 0.29) is 23.9 Å². The largest absolute Gasteiger partial charge is 0.352 e. The third-order valence-electron chi connectivity index (χ3n) is 6.35. The van der Waals surface area contributed by atoms with Gasteiger partial charge in [0.05, 0.1) is 12.1 Å². The minimum Gasteiger partial charge on any atom is -0.352 e. The number of piperidine rings is 1. The van der Waals surface area contributed by atoms with Crippen molar-refractivity contribution in [1.82, 2.24) is 14.9 Å². The number of anilines is 1. The van der Waals surface area contributed by atoms with Gasteiger partial charge in [0.1, 0.15) is 11.6 Å². The molecule has 0 radical (unpaired) electrons. The normalized spacial score (nSPS) is 20.2. The number of hydrogen-bond acceptors (Lipinski definition) is 4. The van der Waals surface area contributed by atoms with Gasteiger partial charge in [0.25, 0.3) is 0 Å². The number of piperazine rings is 1. The Labute approximate surface area is 177 Å². The van der Waals surface area contributed by atoms with Crippen LogP contribution in [0.4, 0.5) is 5.82 Å². The number of benzene rings is 2. The van der Waals surface area contributed by atoms with Gasteiger partial charge in [-0.15, -0.1) is 0 Å². The average Bonchev–Trinajstić information content (AvgIpc) is 2.78. The first-order valence-electron chi connectivity index (χ1n) is 10.6. The zero-order chi connectivity index (χ0) is 20.5. The van der Waals surface area contributed by atoms with Crippen LogP contribution in [-0.4, -0.2) is 45.9 Å². The predicted molar refractivity (Wildman–Crippen MR) is 117 cm³/mol. The highest BCUT2D eigenvalue weighted by Gasteiger charge is 2.47. The Morgan fingerprint density at radius 3 is 2.13 bits per heavy atom. The van der Waals surface area contributed by atoms with Crippen LogP contribution in [0.1, 0.15) is 35.7 Å². The maximum absolute atomic E-state index is 13.4. The monoisotopic (exact) mass is 398 g/mol. The number of amides is 1. The molecule has 3 aliphatic heterocycles. The van der Waals surface area contributed by atoms with Crippen LogP contribution in [0.5, 0.6) is 0 Å². The fourth-order valence-corrected chi connectivity index (χ4v) is 4.90. The molecule has 5 nitrogen and oxygen atoms in total. The molecule has 3 saturated heterocycles. The highest BCUT2D eigenvalue weighted by molar-refractivity contribution is 5.80. The topological polar surface area (TPSA) is 49.3 Å². The predicted octanol–water partition coefficient (Wildman–Crippen LogP) is 3.80. The van der Waals surface area contributed by atoms with E-state index in [1.54, 1.807) is 0 Å². The molecule has 2 bridgehead atoms. The Morgan fingerprint density at radius 1 is 0.967 bits per heavy atom. The summed E-state index contributed by atoms with van der Waals surface area (Å²) in [5, 5.41) is 0. The fourth-order valence-electron chi connectivity index (χ4n) is 4.90. The lowest BCUT2D eigenvalue weighted by Crippen LogP contribution is -2.70. The highest BCUT2D eigenvalue weighted by Crippen LogP contribution is 2.37. The Kier molecular flexibility index (Phi) is 4.95. The van der Waals surface area contributed by atoms with E-state index in [4.69, 9.17) is 0 Å². The van der Waals surface area contributed by atoms with E-state index in [2.05, 4.69) is 68.3 Å². The number of fused-ring (bicyclic) bond motifs is 2. The van der Waals surface area contributed by atoms with Crippen molar-refractivity contribution in [2.24, 2.45) is 0 Å². The molecule has 3 fully saturated rings. The summed E-state index contributed by atoms with van der Waals surface area (Å²) in [5.74, 6) is 2.10. The van der Waals surface area contributed by atoms with Crippen molar-refractivity contribution in [2.45, 2.75) is 37.8 Å². The number of rotatable bonds is 5. The molecular formula is C25H26N4O. The molecule has 5 heteroatoms. The summed E-state index contributed by atoms with van der Waals surface area (Å²) in [4.78, 5) is 26.6. The molecule has 0 spiro atoms. The highest BCUT2D eigenvalue weighted by atomic mass is 16.2. The van der Waals surface area contributed by atoms with Crippen molar-refractivity contribution >= 4 is 11.7 Å². The van der Waals surface area contributed by atoms with Crippen LogP contribution in [0.15, 0.2) is 72.9 Å². The second-order valence-electron chi connectivity index (χ2n) is 8.29. The second-order valence-corrected chi connectivity index (χ2v) is 8.29. The summed E-state index contributed by atoms with van der Waals surface area (Å²) in [6.45, 7) is 3.61. The van der Waals surface area contributed by atoms with Gasteiger partial charge in [-0.05, 0) is 30.5 Å². The number of carbonyl (C=O) groups is 1. The number of aryl methyl sites for hydroxylation is 1. The van der Waals surface area contributed by atoms with E-state index >= 15 is 0 Å². The molecule has 0 aliphatic carbocycles. The molecule has 2 atom stereocenters. The van der Waals surface area contributed by atoms with Crippen molar-refractivity contribution in [3.8, 4) is 0 Å². The third-order valence-corrected chi connectivity index (χ3v) is 6.35. The molecule has 152 valence electrons. The Balaban J connectivity index is 1.32. The molecule has 3 aliphatic rings. The van der Waals surface area contributed by atoms with Gasteiger partial charge in [0.15, 0.2) is 0 Å². The maximum atomic E-state index is 13.4. The average molecular weight is 399 g/mol. The quantitative estimate of drug-likeness (QED) is 0.656. The van der Waals surface area contributed by atoms with E-state index in [0.29, 0.717) is 6.42 Å². The van der Waals surface area contributed by atoms with Crippen molar-refractivity contribution in [2.75, 3.05) is 18.0 Å². The number of carbonyl (C=O) groups excluding carboxylic acids is 1. The third kappa shape index (κ3) is 3.56. The van der Waals surface area contributed by atoms with Crippen LogP contribution in [-0.2, 0) is 4.79 Å². The molecule has 3 aromatic rings. The molecule has 30 heavy (non-hydrogen) atoms. The Bertz CT molecular complexity index is 972. The molecule has 2 aromatic carbocycles. The van der Waals surface area contributed by atoms with Crippen LogP contribution in [0.25, 0.3) is 0 Å². The molecule has 1 amide bonds. The maximum Gasteiger partial charge on any atom is 0.224 e. The first kappa shape index (κ1) is 18.8. The minimum absolute atomic E-state index is 0.0850. The smallest absolute Gasteiger partial charge is 0.224 e.